The molecule has 0 fully saturated rings. The number of nitrogens with zero attached hydrogens (tertiary/aromatic N) is 2. The Balaban J connectivity index is 1.42. The molecule has 0 amide bonds. The van der Waals surface area contributed by atoms with Crippen molar-refractivity contribution in [3.05, 3.63) is 102 Å². The summed E-state index contributed by atoms with van der Waals surface area (Å²) in [6, 6.07) is 25.8. The van der Waals surface area contributed by atoms with Gasteiger partial charge in [0.05, 0.1) is 12.7 Å². The number of rotatable bonds is 6. The molecule has 0 radical (unpaired) electrons. The molecular weight excluding hydrogens is 318 g/mol. The van der Waals surface area contributed by atoms with Crippen LogP contribution in [0.1, 0.15) is 29.7 Å². The maximum atomic E-state index is 4.49. The lowest BCUT2D eigenvalue weighted by molar-refractivity contribution is 0.577. The standard InChI is InChI=1S/C23H23N3/c1-18(22-13-7-11-21-10-5-6-12-23(21)22)24-14-20-15-25-26(17-20)16-19-8-3-2-4-9-19/h2-13,15,17-18,24H,14,16H2,1H3. The molecule has 1 atom stereocenters. The summed E-state index contributed by atoms with van der Waals surface area (Å²) < 4.78 is 1.99. The second-order valence-electron chi connectivity index (χ2n) is 6.70. The molecular formula is C23H23N3. The third-order valence-corrected chi connectivity index (χ3v) is 4.78. The van der Waals surface area contributed by atoms with Gasteiger partial charge in [0.1, 0.15) is 0 Å². The molecule has 1 aromatic heterocycles. The first kappa shape index (κ1) is 16.6. The summed E-state index contributed by atoms with van der Waals surface area (Å²) in [5.74, 6) is 0. The summed E-state index contributed by atoms with van der Waals surface area (Å²) in [5.41, 5.74) is 3.80. The average molecular weight is 341 g/mol. The zero-order valence-corrected chi connectivity index (χ0v) is 15.0. The normalized spacial score (nSPS) is 12.3. The number of hydrogen-bond donors (Lipinski definition) is 1. The maximum Gasteiger partial charge on any atom is 0.0659 e. The van der Waals surface area contributed by atoms with E-state index in [4.69, 9.17) is 0 Å². The quantitative estimate of drug-likeness (QED) is 0.538. The molecule has 1 unspecified atom stereocenters. The average Bonchev–Trinajstić information content (AvgIpc) is 3.14. The zero-order valence-electron chi connectivity index (χ0n) is 15.0. The van der Waals surface area contributed by atoms with Crippen LogP contribution in [0.3, 0.4) is 0 Å². The molecule has 26 heavy (non-hydrogen) atoms. The Morgan fingerprint density at radius 1 is 0.885 bits per heavy atom. The molecule has 0 spiro atoms. The minimum Gasteiger partial charge on any atom is -0.306 e. The van der Waals surface area contributed by atoms with Gasteiger partial charge in [0.15, 0.2) is 0 Å². The van der Waals surface area contributed by atoms with Crippen LogP contribution in [0, 0.1) is 0 Å². The number of fused-ring (bicyclic) bond motifs is 1. The summed E-state index contributed by atoms with van der Waals surface area (Å²) in [7, 11) is 0. The third kappa shape index (κ3) is 3.68. The van der Waals surface area contributed by atoms with Crippen LogP contribution in [-0.4, -0.2) is 9.78 Å². The van der Waals surface area contributed by atoms with E-state index in [-0.39, 0.29) is 6.04 Å². The fraction of sp³-hybridized carbons (Fsp3) is 0.174. The second kappa shape index (κ2) is 7.54. The van der Waals surface area contributed by atoms with E-state index in [2.05, 4.69) is 90.3 Å². The summed E-state index contributed by atoms with van der Waals surface area (Å²) >= 11 is 0. The Kier molecular flexibility index (Phi) is 4.80. The van der Waals surface area contributed by atoms with Gasteiger partial charge in [-0.25, -0.2) is 0 Å². The lowest BCUT2D eigenvalue weighted by atomic mass is 9.99. The highest BCUT2D eigenvalue weighted by atomic mass is 15.3. The molecule has 0 aliphatic rings. The molecule has 130 valence electrons. The van der Waals surface area contributed by atoms with Crippen molar-refractivity contribution in [1.82, 2.24) is 15.1 Å². The van der Waals surface area contributed by atoms with E-state index >= 15 is 0 Å². The van der Waals surface area contributed by atoms with Crippen LogP contribution in [0.4, 0.5) is 0 Å². The number of nitrogens with one attached hydrogen (secondary N) is 1. The van der Waals surface area contributed by atoms with Gasteiger partial charge in [-0.2, -0.15) is 5.10 Å². The van der Waals surface area contributed by atoms with Crippen molar-refractivity contribution in [3.8, 4) is 0 Å². The van der Waals surface area contributed by atoms with Gasteiger partial charge < -0.3 is 5.32 Å². The zero-order chi connectivity index (χ0) is 17.8. The van der Waals surface area contributed by atoms with Gasteiger partial charge in [-0.3, -0.25) is 4.68 Å². The molecule has 1 heterocycles. The van der Waals surface area contributed by atoms with Crippen LogP contribution in [0.15, 0.2) is 85.2 Å². The molecule has 0 aliphatic heterocycles. The summed E-state index contributed by atoms with van der Waals surface area (Å²) in [6.45, 7) is 3.83. The Bertz CT molecular complexity index is 983. The monoisotopic (exact) mass is 341 g/mol. The van der Waals surface area contributed by atoms with Crippen LogP contribution in [0.5, 0.6) is 0 Å². The number of aromatic nitrogens is 2. The number of hydrogen-bond acceptors (Lipinski definition) is 2. The van der Waals surface area contributed by atoms with Crippen LogP contribution in [0.2, 0.25) is 0 Å². The van der Waals surface area contributed by atoms with Crippen LogP contribution in [-0.2, 0) is 13.1 Å². The molecule has 0 bridgehead atoms. The first-order chi connectivity index (χ1) is 12.8. The highest BCUT2D eigenvalue weighted by Crippen LogP contribution is 2.24. The summed E-state index contributed by atoms with van der Waals surface area (Å²) in [4.78, 5) is 0. The molecule has 3 heteroatoms. The van der Waals surface area contributed by atoms with Crippen molar-refractivity contribution >= 4 is 10.8 Å². The minimum atomic E-state index is 0.276. The van der Waals surface area contributed by atoms with Crippen molar-refractivity contribution in [3.63, 3.8) is 0 Å². The van der Waals surface area contributed by atoms with E-state index in [1.165, 1.54) is 27.5 Å². The fourth-order valence-electron chi connectivity index (χ4n) is 3.36. The van der Waals surface area contributed by atoms with E-state index < -0.39 is 0 Å². The smallest absolute Gasteiger partial charge is 0.0659 e. The molecule has 0 aliphatic carbocycles. The SMILES string of the molecule is CC(NCc1cnn(Cc2ccccc2)c1)c1cccc2ccccc12. The van der Waals surface area contributed by atoms with Gasteiger partial charge in [0, 0.05) is 24.3 Å². The topological polar surface area (TPSA) is 29.9 Å². The van der Waals surface area contributed by atoms with E-state index in [1.54, 1.807) is 0 Å². The maximum absolute atomic E-state index is 4.49. The van der Waals surface area contributed by atoms with Gasteiger partial charge in [-0.15, -0.1) is 0 Å². The first-order valence-electron chi connectivity index (χ1n) is 9.06. The molecule has 1 N–H and O–H groups in total. The summed E-state index contributed by atoms with van der Waals surface area (Å²) in [6.07, 6.45) is 4.07. The molecule has 3 nitrogen and oxygen atoms in total. The predicted octanol–water partition coefficient (Wildman–Crippen LogP) is 4.94. The molecule has 4 rings (SSSR count). The first-order valence-corrected chi connectivity index (χ1v) is 9.06. The molecule has 3 aromatic carbocycles. The molecule has 0 saturated heterocycles. The van der Waals surface area contributed by atoms with Crippen LogP contribution >= 0.6 is 0 Å². The van der Waals surface area contributed by atoms with Crippen molar-refractivity contribution < 1.29 is 0 Å². The Morgan fingerprint density at radius 3 is 2.54 bits per heavy atom. The highest BCUT2D eigenvalue weighted by molar-refractivity contribution is 5.86. The molecule has 4 aromatic rings. The lowest BCUT2D eigenvalue weighted by Gasteiger charge is -2.16. The minimum absolute atomic E-state index is 0.276. The van der Waals surface area contributed by atoms with E-state index in [0.717, 1.165) is 13.1 Å². The lowest BCUT2D eigenvalue weighted by Crippen LogP contribution is -2.18. The van der Waals surface area contributed by atoms with Gasteiger partial charge in [0.2, 0.25) is 0 Å². The van der Waals surface area contributed by atoms with E-state index in [0.29, 0.717) is 0 Å². The van der Waals surface area contributed by atoms with E-state index in [1.807, 2.05) is 16.9 Å². The van der Waals surface area contributed by atoms with Crippen molar-refractivity contribution in [2.24, 2.45) is 0 Å². The largest absolute Gasteiger partial charge is 0.306 e. The number of benzene rings is 3. The highest BCUT2D eigenvalue weighted by Gasteiger charge is 2.09. The van der Waals surface area contributed by atoms with Crippen LogP contribution in [0.25, 0.3) is 10.8 Å². The van der Waals surface area contributed by atoms with E-state index in [9.17, 15) is 0 Å². The van der Waals surface area contributed by atoms with Gasteiger partial charge in [-0.1, -0.05) is 72.8 Å². The van der Waals surface area contributed by atoms with Crippen molar-refractivity contribution in [1.29, 1.82) is 0 Å². The van der Waals surface area contributed by atoms with Gasteiger partial charge in [-0.05, 0) is 28.8 Å². The third-order valence-electron chi connectivity index (χ3n) is 4.78. The fourth-order valence-corrected chi connectivity index (χ4v) is 3.36. The van der Waals surface area contributed by atoms with Crippen molar-refractivity contribution in [2.75, 3.05) is 0 Å². The second-order valence-corrected chi connectivity index (χ2v) is 6.70. The Hall–Kier alpha value is -2.91. The molecule has 0 saturated carbocycles. The summed E-state index contributed by atoms with van der Waals surface area (Å²) in [5, 5.41) is 10.7. The van der Waals surface area contributed by atoms with Gasteiger partial charge in [0.25, 0.3) is 0 Å². The predicted molar refractivity (Wildman–Crippen MR) is 107 cm³/mol. The van der Waals surface area contributed by atoms with Crippen LogP contribution < -0.4 is 5.32 Å². The van der Waals surface area contributed by atoms with Crippen molar-refractivity contribution in [2.45, 2.75) is 26.1 Å². The Labute approximate surface area is 154 Å². The Morgan fingerprint density at radius 2 is 1.65 bits per heavy atom. The van der Waals surface area contributed by atoms with Gasteiger partial charge >= 0.3 is 0 Å².